The molecule has 3 N–H and O–H groups in total. The SMILES string of the molecule is O=C(CNc1nc(C(=O)O)cc2cc(Cl)cc(Cl)c12)NCc1ccncc1. The molecule has 27 heavy (non-hydrogen) atoms. The first-order valence-electron chi connectivity index (χ1n) is 7.86. The molecule has 0 aliphatic rings. The van der Waals surface area contributed by atoms with Gasteiger partial charge < -0.3 is 15.7 Å². The van der Waals surface area contributed by atoms with E-state index in [0.29, 0.717) is 27.4 Å². The molecule has 0 bridgehead atoms. The van der Waals surface area contributed by atoms with Gasteiger partial charge in [-0.1, -0.05) is 23.2 Å². The summed E-state index contributed by atoms with van der Waals surface area (Å²) in [5.41, 5.74) is 0.730. The number of aromatic nitrogens is 2. The third-order valence-electron chi connectivity index (χ3n) is 3.72. The summed E-state index contributed by atoms with van der Waals surface area (Å²) in [5, 5.41) is 16.5. The van der Waals surface area contributed by atoms with Crippen LogP contribution in [0.5, 0.6) is 0 Å². The number of amides is 1. The molecule has 138 valence electrons. The summed E-state index contributed by atoms with van der Waals surface area (Å²) in [7, 11) is 0. The van der Waals surface area contributed by atoms with Crippen LogP contribution in [0, 0.1) is 0 Å². The number of halogens is 2. The first-order chi connectivity index (χ1) is 12.9. The van der Waals surface area contributed by atoms with Crippen molar-refractivity contribution >= 4 is 51.7 Å². The van der Waals surface area contributed by atoms with Gasteiger partial charge in [-0.3, -0.25) is 9.78 Å². The zero-order valence-electron chi connectivity index (χ0n) is 13.9. The Balaban J connectivity index is 1.79. The highest BCUT2D eigenvalue weighted by atomic mass is 35.5. The topological polar surface area (TPSA) is 104 Å². The van der Waals surface area contributed by atoms with Crippen molar-refractivity contribution in [3.8, 4) is 0 Å². The van der Waals surface area contributed by atoms with E-state index < -0.39 is 5.97 Å². The summed E-state index contributed by atoms with van der Waals surface area (Å²) < 4.78 is 0. The van der Waals surface area contributed by atoms with E-state index in [1.165, 1.54) is 12.1 Å². The number of benzene rings is 1. The molecule has 0 aliphatic heterocycles. The Kier molecular flexibility index (Phi) is 5.73. The van der Waals surface area contributed by atoms with Gasteiger partial charge in [0.25, 0.3) is 0 Å². The van der Waals surface area contributed by atoms with Gasteiger partial charge >= 0.3 is 5.97 Å². The normalized spacial score (nSPS) is 10.6. The second-order valence-corrected chi connectivity index (χ2v) is 6.48. The van der Waals surface area contributed by atoms with E-state index >= 15 is 0 Å². The van der Waals surface area contributed by atoms with E-state index in [-0.39, 0.29) is 24.0 Å². The maximum absolute atomic E-state index is 12.1. The van der Waals surface area contributed by atoms with Crippen LogP contribution in [0.3, 0.4) is 0 Å². The highest BCUT2D eigenvalue weighted by molar-refractivity contribution is 6.39. The maximum Gasteiger partial charge on any atom is 0.354 e. The van der Waals surface area contributed by atoms with Crippen molar-refractivity contribution in [3.63, 3.8) is 0 Å². The molecule has 2 heterocycles. The van der Waals surface area contributed by atoms with Crippen LogP contribution in [0.25, 0.3) is 10.8 Å². The second-order valence-electron chi connectivity index (χ2n) is 5.63. The van der Waals surface area contributed by atoms with Gasteiger partial charge in [0.2, 0.25) is 5.91 Å². The molecule has 0 fully saturated rings. The summed E-state index contributed by atoms with van der Waals surface area (Å²) in [4.78, 5) is 31.4. The third-order valence-corrected chi connectivity index (χ3v) is 4.24. The molecule has 0 saturated heterocycles. The predicted octanol–water partition coefficient (Wildman–Crippen LogP) is 3.36. The van der Waals surface area contributed by atoms with E-state index in [2.05, 4.69) is 20.6 Å². The zero-order valence-corrected chi connectivity index (χ0v) is 15.4. The highest BCUT2D eigenvalue weighted by Gasteiger charge is 2.15. The van der Waals surface area contributed by atoms with Gasteiger partial charge in [0.05, 0.1) is 11.6 Å². The standard InChI is InChI=1S/C18H14Cl2N4O3/c19-12-5-11-6-14(18(26)27)24-17(16(11)13(20)7-12)23-9-15(25)22-8-10-1-3-21-4-2-10/h1-7H,8-9H2,(H,22,25)(H,23,24)(H,26,27). The average molecular weight is 405 g/mol. The number of carbonyl (C=O) groups excluding carboxylic acids is 1. The molecule has 0 saturated carbocycles. The third kappa shape index (κ3) is 4.64. The molecule has 7 nitrogen and oxygen atoms in total. The van der Waals surface area contributed by atoms with Crippen molar-refractivity contribution in [1.82, 2.24) is 15.3 Å². The van der Waals surface area contributed by atoms with Crippen molar-refractivity contribution in [2.75, 3.05) is 11.9 Å². The molecule has 3 aromatic rings. The van der Waals surface area contributed by atoms with E-state index in [1.807, 2.05) is 0 Å². The number of anilines is 1. The fraction of sp³-hybridized carbons (Fsp3) is 0.111. The molecule has 0 radical (unpaired) electrons. The first kappa shape index (κ1) is 18.9. The van der Waals surface area contributed by atoms with Crippen LogP contribution in [0.15, 0.2) is 42.7 Å². The summed E-state index contributed by atoms with van der Waals surface area (Å²) in [5.74, 6) is -1.28. The summed E-state index contributed by atoms with van der Waals surface area (Å²) in [6.45, 7) is 0.248. The summed E-state index contributed by atoms with van der Waals surface area (Å²) in [6.07, 6.45) is 3.28. The zero-order chi connectivity index (χ0) is 19.4. The van der Waals surface area contributed by atoms with Crippen LogP contribution in [0.2, 0.25) is 10.0 Å². The van der Waals surface area contributed by atoms with Gasteiger partial charge in [-0.05, 0) is 41.3 Å². The minimum Gasteiger partial charge on any atom is -0.477 e. The number of nitrogens with zero attached hydrogens (tertiary/aromatic N) is 2. The van der Waals surface area contributed by atoms with E-state index in [1.54, 1.807) is 30.6 Å². The molecule has 0 atom stereocenters. The largest absolute Gasteiger partial charge is 0.477 e. The minimum atomic E-state index is -1.20. The van der Waals surface area contributed by atoms with Crippen molar-refractivity contribution in [3.05, 3.63) is 64.0 Å². The van der Waals surface area contributed by atoms with E-state index in [4.69, 9.17) is 23.2 Å². The van der Waals surface area contributed by atoms with Crippen molar-refractivity contribution in [2.45, 2.75) is 6.54 Å². The lowest BCUT2D eigenvalue weighted by Gasteiger charge is -2.12. The Labute approximate surface area is 164 Å². The lowest BCUT2D eigenvalue weighted by molar-refractivity contribution is -0.119. The average Bonchev–Trinajstić information content (AvgIpc) is 2.64. The molecular formula is C18H14Cl2N4O3. The van der Waals surface area contributed by atoms with E-state index in [9.17, 15) is 14.7 Å². The number of rotatable bonds is 6. The molecular weight excluding hydrogens is 391 g/mol. The highest BCUT2D eigenvalue weighted by Crippen LogP contribution is 2.33. The maximum atomic E-state index is 12.1. The lowest BCUT2D eigenvalue weighted by Crippen LogP contribution is -2.29. The Morgan fingerprint density at radius 2 is 1.85 bits per heavy atom. The number of carboxylic acids is 1. The van der Waals surface area contributed by atoms with Gasteiger partial charge in [0.1, 0.15) is 5.82 Å². The first-order valence-corrected chi connectivity index (χ1v) is 8.62. The quantitative estimate of drug-likeness (QED) is 0.581. The fourth-order valence-electron chi connectivity index (χ4n) is 2.48. The molecule has 0 unspecified atom stereocenters. The van der Waals surface area contributed by atoms with Crippen LogP contribution in [-0.4, -0.2) is 33.5 Å². The molecule has 1 amide bonds. The number of carboxylic acid groups (broad SMARTS) is 1. The lowest BCUT2D eigenvalue weighted by atomic mass is 10.1. The molecule has 1 aromatic carbocycles. The number of hydrogen-bond donors (Lipinski definition) is 3. The molecule has 2 aromatic heterocycles. The summed E-state index contributed by atoms with van der Waals surface area (Å²) >= 11 is 12.2. The number of hydrogen-bond acceptors (Lipinski definition) is 5. The van der Waals surface area contributed by atoms with Crippen LogP contribution in [0.1, 0.15) is 16.1 Å². The van der Waals surface area contributed by atoms with Crippen molar-refractivity contribution in [1.29, 1.82) is 0 Å². The van der Waals surface area contributed by atoms with Crippen molar-refractivity contribution < 1.29 is 14.7 Å². The minimum absolute atomic E-state index is 0.102. The van der Waals surface area contributed by atoms with Gasteiger partial charge in [0, 0.05) is 29.3 Å². The van der Waals surface area contributed by atoms with Gasteiger partial charge in [0.15, 0.2) is 5.69 Å². The predicted molar refractivity (Wildman–Crippen MR) is 103 cm³/mol. The number of pyridine rings is 2. The Morgan fingerprint density at radius 3 is 2.56 bits per heavy atom. The summed E-state index contributed by atoms with van der Waals surface area (Å²) in [6, 6.07) is 8.09. The van der Waals surface area contributed by atoms with Crippen LogP contribution in [0.4, 0.5) is 5.82 Å². The van der Waals surface area contributed by atoms with Gasteiger partial charge in [-0.15, -0.1) is 0 Å². The van der Waals surface area contributed by atoms with Gasteiger partial charge in [-0.25, -0.2) is 9.78 Å². The van der Waals surface area contributed by atoms with Crippen LogP contribution in [-0.2, 0) is 11.3 Å². The Hall–Kier alpha value is -2.90. The van der Waals surface area contributed by atoms with Crippen LogP contribution >= 0.6 is 23.2 Å². The molecule has 0 aliphatic carbocycles. The van der Waals surface area contributed by atoms with Crippen LogP contribution < -0.4 is 10.6 Å². The monoisotopic (exact) mass is 404 g/mol. The van der Waals surface area contributed by atoms with E-state index in [0.717, 1.165) is 5.56 Å². The van der Waals surface area contributed by atoms with Crippen molar-refractivity contribution in [2.24, 2.45) is 0 Å². The molecule has 9 heteroatoms. The molecule has 3 rings (SSSR count). The smallest absolute Gasteiger partial charge is 0.354 e. The molecule has 0 spiro atoms. The number of nitrogens with one attached hydrogen (secondary N) is 2. The number of fused-ring (bicyclic) bond motifs is 1. The van der Waals surface area contributed by atoms with Gasteiger partial charge in [-0.2, -0.15) is 0 Å². The second kappa shape index (κ2) is 8.20. The Bertz CT molecular complexity index is 1010. The number of aromatic carboxylic acids is 1. The number of carbonyl (C=O) groups is 2. The Morgan fingerprint density at radius 1 is 1.11 bits per heavy atom. The fourth-order valence-corrected chi connectivity index (χ4v) is 3.08.